The fraction of sp³-hybridized carbons (Fsp3) is 0.400. The molecule has 0 aliphatic heterocycles. The van der Waals surface area contributed by atoms with Crippen LogP contribution < -0.4 is 10.6 Å². The summed E-state index contributed by atoms with van der Waals surface area (Å²) < 4.78 is 0. The average molecular weight is 340 g/mol. The Morgan fingerprint density at radius 1 is 1.12 bits per heavy atom. The van der Waals surface area contributed by atoms with Gasteiger partial charge in [0.1, 0.15) is 5.82 Å². The van der Waals surface area contributed by atoms with Gasteiger partial charge in [-0.1, -0.05) is 43.2 Å². The van der Waals surface area contributed by atoms with Crippen LogP contribution in [0, 0.1) is 13.8 Å². The molecule has 1 aromatic heterocycles. The predicted molar refractivity (Wildman–Crippen MR) is 105 cm³/mol. The van der Waals surface area contributed by atoms with Gasteiger partial charge in [0.05, 0.1) is 0 Å². The summed E-state index contributed by atoms with van der Waals surface area (Å²) in [5.74, 6) is 0.810. The van der Waals surface area contributed by atoms with Crippen LogP contribution in [0.1, 0.15) is 42.5 Å². The summed E-state index contributed by atoms with van der Waals surface area (Å²) in [6.45, 7) is 4.94. The molecule has 1 aromatic carbocycles. The number of nitrogens with one attached hydrogen (secondary N) is 2. The highest BCUT2D eigenvalue weighted by Gasteiger charge is 2.35. The van der Waals surface area contributed by atoms with Crippen LogP contribution in [0.5, 0.6) is 0 Å². The SMILES string of the molecule is Cc1cc(C)nc(NC(=S)NCC2(c3ccccc3)CCCC2)c1. The van der Waals surface area contributed by atoms with Gasteiger partial charge in [0, 0.05) is 17.7 Å². The summed E-state index contributed by atoms with van der Waals surface area (Å²) in [5.41, 5.74) is 3.80. The van der Waals surface area contributed by atoms with E-state index in [-0.39, 0.29) is 5.41 Å². The van der Waals surface area contributed by atoms with Gasteiger partial charge < -0.3 is 10.6 Å². The number of aromatic nitrogens is 1. The van der Waals surface area contributed by atoms with Crippen molar-refractivity contribution < 1.29 is 0 Å². The lowest BCUT2D eigenvalue weighted by Crippen LogP contribution is -2.40. The molecule has 1 aliphatic rings. The van der Waals surface area contributed by atoms with Gasteiger partial charge in [0.25, 0.3) is 0 Å². The van der Waals surface area contributed by atoms with Crippen LogP contribution in [0.15, 0.2) is 42.5 Å². The maximum atomic E-state index is 5.49. The second-order valence-electron chi connectivity index (χ2n) is 6.83. The second kappa shape index (κ2) is 7.31. The van der Waals surface area contributed by atoms with Crippen molar-refractivity contribution >= 4 is 23.1 Å². The summed E-state index contributed by atoms with van der Waals surface area (Å²) in [6.07, 6.45) is 5.01. The molecule has 2 aromatic rings. The molecule has 1 aliphatic carbocycles. The molecule has 0 amide bonds. The first-order valence-electron chi connectivity index (χ1n) is 8.63. The zero-order chi connectivity index (χ0) is 17.0. The Morgan fingerprint density at radius 2 is 1.83 bits per heavy atom. The Morgan fingerprint density at radius 3 is 2.50 bits per heavy atom. The highest BCUT2D eigenvalue weighted by atomic mass is 32.1. The van der Waals surface area contributed by atoms with Crippen molar-refractivity contribution in [3.63, 3.8) is 0 Å². The van der Waals surface area contributed by atoms with E-state index in [1.54, 1.807) is 0 Å². The maximum absolute atomic E-state index is 5.49. The van der Waals surface area contributed by atoms with Crippen molar-refractivity contribution in [2.75, 3.05) is 11.9 Å². The first-order valence-corrected chi connectivity index (χ1v) is 9.04. The summed E-state index contributed by atoms with van der Waals surface area (Å²) in [5, 5.41) is 7.30. The van der Waals surface area contributed by atoms with E-state index in [1.807, 2.05) is 13.0 Å². The zero-order valence-electron chi connectivity index (χ0n) is 14.4. The van der Waals surface area contributed by atoms with Crippen LogP contribution in [-0.2, 0) is 5.41 Å². The lowest BCUT2D eigenvalue weighted by atomic mass is 9.79. The predicted octanol–water partition coefficient (Wildman–Crippen LogP) is 4.50. The zero-order valence-corrected chi connectivity index (χ0v) is 15.2. The van der Waals surface area contributed by atoms with Crippen molar-refractivity contribution in [1.82, 2.24) is 10.3 Å². The standard InChI is InChI=1S/C20H25N3S/c1-15-12-16(2)22-18(13-15)23-19(24)21-14-20(10-6-7-11-20)17-8-4-3-5-9-17/h3-5,8-9,12-13H,6-7,10-11,14H2,1-2H3,(H2,21,22,23,24). The molecule has 0 unspecified atom stereocenters. The van der Waals surface area contributed by atoms with E-state index in [1.165, 1.54) is 36.8 Å². The van der Waals surface area contributed by atoms with Gasteiger partial charge in [-0.25, -0.2) is 4.98 Å². The number of benzene rings is 1. The summed E-state index contributed by atoms with van der Waals surface area (Å²) >= 11 is 5.49. The Labute approximate surface area is 149 Å². The van der Waals surface area contributed by atoms with E-state index in [0.29, 0.717) is 5.11 Å². The molecule has 1 heterocycles. The van der Waals surface area contributed by atoms with E-state index in [2.05, 4.69) is 58.9 Å². The fourth-order valence-electron chi connectivity index (χ4n) is 3.73. The minimum atomic E-state index is 0.197. The normalized spacial score (nSPS) is 15.9. The average Bonchev–Trinajstić information content (AvgIpc) is 3.03. The van der Waals surface area contributed by atoms with Crippen LogP contribution in [0.4, 0.5) is 5.82 Å². The van der Waals surface area contributed by atoms with Crippen molar-refractivity contribution in [3.8, 4) is 0 Å². The smallest absolute Gasteiger partial charge is 0.171 e. The minimum Gasteiger partial charge on any atom is -0.362 e. The molecule has 4 heteroatoms. The lowest BCUT2D eigenvalue weighted by molar-refractivity contribution is 0.435. The summed E-state index contributed by atoms with van der Waals surface area (Å²) in [7, 11) is 0. The molecular weight excluding hydrogens is 314 g/mol. The quantitative estimate of drug-likeness (QED) is 0.805. The van der Waals surface area contributed by atoms with Crippen molar-refractivity contribution in [3.05, 3.63) is 59.3 Å². The van der Waals surface area contributed by atoms with Gasteiger partial charge in [0.2, 0.25) is 0 Å². The number of pyridine rings is 1. The molecule has 2 N–H and O–H groups in total. The minimum absolute atomic E-state index is 0.197. The van der Waals surface area contributed by atoms with Crippen molar-refractivity contribution in [1.29, 1.82) is 0 Å². The molecule has 0 saturated heterocycles. The van der Waals surface area contributed by atoms with E-state index in [4.69, 9.17) is 12.2 Å². The first-order chi connectivity index (χ1) is 11.6. The lowest BCUT2D eigenvalue weighted by Gasteiger charge is -2.30. The summed E-state index contributed by atoms with van der Waals surface area (Å²) in [6, 6.07) is 14.9. The molecule has 0 bridgehead atoms. The van der Waals surface area contributed by atoms with Crippen LogP contribution in [0.3, 0.4) is 0 Å². The largest absolute Gasteiger partial charge is 0.362 e. The van der Waals surface area contributed by atoms with Gasteiger partial charge in [-0.3, -0.25) is 0 Å². The molecule has 0 atom stereocenters. The summed E-state index contributed by atoms with van der Waals surface area (Å²) in [4.78, 5) is 4.49. The molecule has 1 fully saturated rings. The molecule has 3 rings (SSSR count). The topological polar surface area (TPSA) is 37.0 Å². The van der Waals surface area contributed by atoms with Crippen LogP contribution in [-0.4, -0.2) is 16.6 Å². The Balaban J connectivity index is 1.66. The number of hydrogen-bond donors (Lipinski definition) is 2. The third-order valence-corrected chi connectivity index (χ3v) is 5.12. The van der Waals surface area contributed by atoms with Crippen molar-refractivity contribution in [2.24, 2.45) is 0 Å². The Kier molecular flexibility index (Phi) is 5.14. The third-order valence-electron chi connectivity index (χ3n) is 4.87. The number of thiocarbonyl (C=S) groups is 1. The number of hydrogen-bond acceptors (Lipinski definition) is 2. The van der Waals surface area contributed by atoms with Gasteiger partial charge in [0.15, 0.2) is 5.11 Å². The second-order valence-corrected chi connectivity index (χ2v) is 7.24. The van der Waals surface area contributed by atoms with E-state index < -0.39 is 0 Å². The number of aryl methyl sites for hydroxylation is 2. The van der Waals surface area contributed by atoms with Gasteiger partial charge in [-0.15, -0.1) is 0 Å². The molecule has 3 nitrogen and oxygen atoms in total. The monoisotopic (exact) mass is 339 g/mol. The van der Waals surface area contributed by atoms with Crippen LogP contribution in [0.2, 0.25) is 0 Å². The number of rotatable bonds is 4. The van der Waals surface area contributed by atoms with Gasteiger partial charge in [-0.05, 0) is 62.2 Å². The van der Waals surface area contributed by atoms with E-state index >= 15 is 0 Å². The molecule has 24 heavy (non-hydrogen) atoms. The van der Waals surface area contributed by atoms with Crippen LogP contribution >= 0.6 is 12.2 Å². The highest BCUT2D eigenvalue weighted by Crippen LogP contribution is 2.40. The van der Waals surface area contributed by atoms with Crippen LogP contribution in [0.25, 0.3) is 0 Å². The molecule has 0 radical (unpaired) electrons. The molecule has 126 valence electrons. The number of nitrogens with zero attached hydrogens (tertiary/aromatic N) is 1. The molecule has 0 spiro atoms. The Hall–Kier alpha value is -1.94. The first kappa shape index (κ1) is 16.9. The maximum Gasteiger partial charge on any atom is 0.171 e. The number of anilines is 1. The molecule has 1 saturated carbocycles. The Bertz CT molecular complexity index is 686. The van der Waals surface area contributed by atoms with E-state index in [0.717, 1.165) is 18.1 Å². The molecular formula is C20H25N3S. The highest BCUT2D eigenvalue weighted by molar-refractivity contribution is 7.80. The fourth-order valence-corrected chi connectivity index (χ4v) is 3.90. The van der Waals surface area contributed by atoms with E-state index in [9.17, 15) is 0 Å². The van der Waals surface area contributed by atoms with Gasteiger partial charge in [-0.2, -0.15) is 0 Å². The van der Waals surface area contributed by atoms with Gasteiger partial charge >= 0.3 is 0 Å². The van der Waals surface area contributed by atoms with Crippen molar-refractivity contribution in [2.45, 2.75) is 44.9 Å². The third kappa shape index (κ3) is 3.93.